The smallest absolute Gasteiger partial charge is 0.255 e. The van der Waals surface area contributed by atoms with Gasteiger partial charge in [-0.1, -0.05) is 37.7 Å². The van der Waals surface area contributed by atoms with Crippen LogP contribution in [0, 0.1) is 5.92 Å². The molecule has 0 unspecified atom stereocenters. The maximum atomic E-state index is 13.2. The molecule has 7 nitrogen and oxygen atoms in total. The van der Waals surface area contributed by atoms with Gasteiger partial charge in [-0.05, 0) is 37.7 Å². The SMILES string of the molecule is COc1ccccc1NC(=O)C1=C(C)Nc2nc(SC)nn2[C@H]1CC(C)C. The minimum atomic E-state index is -0.177. The fraction of sp³-hybridized carbons (Fsp3) is 0.421. The number of amides is 1. The fourth-order valence-electron chi connectivity index (χ4n) is 3.22. The molecule has 0 saturated carbocycles. The van der Waals surface area contributed by atoms with Gasteiger partial charge in [-0.25, -0.2) is 4.68 Å². The molecule has 1 aromatic carbocycles. The predicted octanol–water partition coefficient (Wildman–Crippen LogP) is 3.93. The van der Waals surface area contributed by atoms with E-state index in [1.807, 2.05) is 42.1 Å². The number of hydrogen-bond acceptors (Lipinski definition) is 6. The molecule has 27 heavy (non-hydrogen) atoms. The van der Waals surface area contributed by atoms with Crippen molar-refractivity contribution in [3.63, 3.8) is 0 Å². The molecular weight excluding hydrogens is 362 g/mol. The number of thioether (sulfide) groups is 1. The summed E-state index contributed by atoms with van der Waals surface area (Å²) in [5, 5.41) is 11.5. The number of benzene rings is 1. The Morgan fingerprint density at radius 3 is 2.81 bits per heavy atom. The number of rotatable bonds is 6. The summed E-state index contributed by atoms with van der Waals surface area (Å²) in [5.74, 6) is 1.53. The molecule has 3 rings (SSSR count). The van der Waals surface area contributed by atoms with E-state index in [2.05, 4.69) is 34.6 Å². The van der Waals surface area contributed by atoms with Gasteiger partial charge in [-0.3, -0.25) is 4.79 Å². The lowest BCUT2D eigenvalue weighted by molar-refractivity contribution is -0.113. The van der Waals surface area contributed by atoms with Crippen LogP contribution in [0.3, 0.4) is 0 Å². The van der Waals surface area contributed by atoms with Crippen molar-refractivity contribution in [1.29, 1.82) is 0 Å². The van der Waals surface area contributed by atoms with E-state index in [-0.39, 0.29) is 11.9 Å². The van der Waals surface area contributed by atoms with Crippen LogP contribution in [0.25, 0.3) is 0 Å². The van der Waals surface area contributed by atoms with Gasteiger partial charge < -0.3 is 15.4 Å². The van der Waals surface area contributed by atoms with E-state index in [4.69, 9.17) is 4.74 Å². The molecule has 1 atom stereocenters. The normalized spacial score (nSPS) is 16.1. The number of allylic oxidation sites excluding steroid dienone is 1. The Kier molecular flexibility index (Phi) is 5.74. The van der Waals surface area contributed by atoms with Crippen molar-refractivity contribution in [1.82, 2.24) is 14.8 Å². The Bertz CT molecular complexity index is 875. The van der Waals surface area contributed by atoms with Gasteiger partial charge in [0, 0.05) is 5.70 Å². The number of hydrogen-bond donors (Lipinski definition) is 2. The van der Waals surface area contributed by atoms with Crippen LogP contribution in [-0.2, 0) is 4.79 Å². The summed E-state index contributed by atoms with van der Waals surface area (Å²) < 4.78 is 7.18. The van der Waals surface area contributed by atoms with Crippen molar-refractivity contribution in [2.45, 2.75) is 38.4 Å². The van der Waals surface area contributed by atoms with Crippen molar-refractivity contribution in [2.24, 2.45) is 5.92 Å². The lowest BCUT2D eigenvalue weighted by Crippen LogP contribution is -2.31. The Labute approximate surface area is 163 Å². The van der Waals surface area contributed by atoms with Gasteiger partial charge in [0.05, 0.1) is 24.4 Å². The maximum Gasteiger partial charge on any atom is 0.255 e. The zero-order valence-electron chi connectivity index (χ0n) is 16.2. The number of nitrogens with zero attached hydrogens (tertiary/aromatic N) is 3. The standard InChI is InChI=1S/C19H25N5O2S/c1-11(2)10-14-16(12(3)20-18-22-19(27-5)23-24(14)18)17(25)21-13-8-6-7-9-15(13)26-4/h6-9,11,14H,10H2,1-5H3,(H,21,25)(H,20,22,23)/t14-/m0/s1. The molecule has 0 radical (unpaired) electrons. The van der Waals surface area contributed by atoms with Crippen LogP contribution in [0.2, 0.25) is 0 Å². The Balaban J connectivity index is 1.96. The van der Waals surface area contributed by atoms with Crippen molar-refractivity contribution in [3.05, 3.63) is 35.5 Å². The number of ether oxygens (including phenoxy) is 1. The lowest BCUT2D eigenvalue weighted by Gasteiger charge is -2.29. The third kappa shape index (κ3) is 3.95. The van der Waals surface area contributed by atoms with Gasteiger partial charge in [-0.2, -0.15) is 4.98 Å². The molecule has 1 aromatic heterocycles. The van der Waals surface area contributed by atoms with Crippen molar-refractivity contribution < 1.29 is 9.53 Å². The van der Waals surface area contributed by atoms with Crippen LogP contribution in [0.5, 0.6) is 5.75 Å². The number of methoxy groups -OCH3 is 1. The molecule has 2 aromatic rings. The van der Waals surface area contributed by atoms with Gasteiger partial charge in [0.15, 0.2) is 0 Å². The maximum absolute atomic E-state index is 13.2. The number of fused-ring (bicyclic) bond motifs is 1. The van der Waals surface area contributed by atoms with Crippen molar-refractivity contribution in [3.8, 4) is 5.75 Å². The minimum Gasteiger partial charge on any atom is -0.495 e. The summed E-state index contributed by atoms with van der Waals surface area (Å²) >= 11 is 1.48. The first-order valence-electron chi connectivity index (χ1n) is 8.87. The van der Waals surface area contributed by atoms with E-state index in [1.165, 1.54) is 11.8 Å². The minimum absolute atomic E-state index is 0.165. The largest absolute Gasteiger partial charge is 0.495 e. The second-order valence-electron chi connectivity index (χ2n) is 6.83. The molecule has 0 aliphatic carbocycles. The van der Waals surface area contributed by atoms with Crippen LogP contribution >= 0.6 is 11.8 Å². The quantitative estimate of drug-likeness (QED) is 0.731. The van der Waals surface area contributed by atoms with Gasteiger partial charge in [0.25, 0.3) is 5.91 Å². The first-order chi connectivity index (χ1) is 12.9. The summed E-state index contributed by atoms with van der Waals surface area (Å²) in [6.45, 7) is 6.18. The van der Waals surface area contributed by atoms with Crippen LogP contribution in [0.4, 0.5) is 11.6 Å². The number of anilines is 2. The lowest BCUT2D eigenvalue weighted by atomic mass is 9.94. The second kappa shape index (κ2) is 8.04. The van der Waals surface area contributed by atoms with Gasteiger partial charge in [0.1, 0.15) is 5.75 Å². The number of para-hydroxylation sites is 2. The highest BCUT2D eigenvalue weighted by Gasteiger charge is 2.33. The molecule has 0 saturated heterocycles. The summed E-state index contributed by atoms with van der Waals surface area (Å²) in [6, 6.07) is 7.21. The molecule has 1 aliphatic heterocycles. The number of carbonyl (C=O) groups is 1. The summed E-state index contributed by atoms with van der Waals surface area (Å²) in [4.78, 5) is 17.7. The van der Waals surface area contributed by atoms with E-state index >= 15 is 0 Å². The first-order valence-corrected chi connectivity index (χ1v) is 10.1. The molecular formula is C19H25N5O2S. The summed E-state index contributed by atoms with van der Waals surface area (Å²) in [6.07, 6.45) is 2.73. The number of carbonyl (C=O) groups excluding carboxylic acids is 1. The Morgan fingerprint density at radius 1 is 1.41 bits per heavy atom. The highest BCUT2D eigenvalue weighted by molar-refractivity contribution is 7.98. The van der Waals surface area contributed by atoms with Gasteiger partial charge in [0.2, 0.25) is 11.1 Å². The molecule has 8 heteroatoms. The molecule has 0 spiro atoms. The number of aromatic nitrogens is 3. The molecule has 144 valence electrons. The molecule has 0 bridgehead atoms. The number of nitrogens with one attached hydrogen (secondary N) is 2. The highest BCUT2D eigenvalue weighted by atomic mass is 32.2. The first kappa shape index (κ1) is 19.3. The molecule has 1 amide bonds. The topological polar surface area (TPSA) is 81.1 Å². The van der Waals surface area contributed by atoms with Gasteiger partial charge in [-0.15, -0.1) is 5.10 Å². The zero-order valence-corrected chi connectivity index (χ0v) is 17.1. The van der Waals surface area contributed by atoms with Crippen LogP contribution in [0.15, 0.2) is 40.7 Å². The van der Waals surface area contributed by atoms with Crippen LogP contribution in [-0.4, -0.2) is 34.0 Å². The van der Waals surface area contributed by atoms with E-state index in [9.17, 15) is 4.79 Å². The van der Waals surface area contributed by atoms with E-state index in [0.29, 0.717) is 34.0 Å². The van der Waals surface area contributed by atoms with E-state index in [1.54, 1.807) is 7.11 Å². The van der Waals surface area contributed by atoms with E-state index in [0.717, 1.165) is 12.1 Å². The van der Waals surface area contributed by atoms with Crippen molar-refractivity contribution >= 4 is 29.3 Å². The summed E-state index contributed by atoms with van der Waals surface area (Å²) in [5.41, 5.74) is 2.10. The van der Waals surface area contributed by atoms with Crippen LogP contribution in [0.1, 0.15) is 33.2 Å². The zero-order chi connectivity index (χ0) is 19.6. The predicted molar refractivity (Wildman–Crippen MR) is 108 cm³/mol. The molecule has 1 aliphatic rings. The fourth-order valence-corrected chi connectivity index (χ4v) is 3.57. The Hall–Kier alpha value is -2.48. The third-order valence-corrected chi connectivity index (χ3v) is 4.96. The highest BCUT2D eigenvalue weighted by Crippen LogP contribution is 2.36. The molecule has 0 fully saturated rings. The van der Waals surface area contributed by atoms with Gasteiger partial charge >= 0.3 is 0 Å². The monoisotopic (exact) mass is 387 g/mol. The van der Waals surface area contributed by atoms with E-state index < -0.39 is 0 Å². The Morgan fingerprint density at radius 2 is 2.15 bits per heavy atom. The second-order valence-corrected chi connectivity index (χ2v) is 7.60. The van der Waals surface area contributed by atoms with Crippen LogP contribution < -0.4 is 15.4 Å². The third-order valence-electron chi connectivity index (χ3n) is 4.42. The molecule has 2 heterocycles. The molecule has 2 N–H and O–H groups in total. The summed E-state index contributed by atoms with van der Waals surface area (Å²) in [7, 11) is 1.59. The average molecular weight is 388 g/mol. The van der Waals surface area contributed by atoms with Crippen molar-refractivity contribution in [2.75, 3.05) is 24.0 Å². The average Bonchev–Trinajstić information content (AvgIpc) is 3.04.